The molecular weight excluding hydrogens is 477 g/mol. The molecule has 0 unspecified atom stereocenters. The molecule has 1 amide bonds. The maximum atomic E-state index is 13.7. The predicted octanol–water partition coefficient (Wildman–Crippen LogP) is 5.45. The van der Waals surface area contributed by atoms with Crippen LogP contribution in [-0.2, 0) is 18.0 Å². The van der Waals surface area contributed by atoms with Gasteiger partial charge < -0.3 is 14.8 Å². The van der Waals surface area contributed by atoms with Crippen LogP contribution in [0.3, 0.4) is 0 Å². The van der Waals surface area contributed by atoms with Crippen molar-refractivity contribution in [1.29, 1.82) is 0 Å². The SMILES string of the molecule is COC(=O)c1ccc([C@H](C)NC(=O)c2c(C(F)F)nn(C)c2Oc2cccc(C(F)(F)F)c2)cc1. The van der Waals surface area contributed by atoms with Crippen molar-refractivity contribution in [3.05, 3.63) is 76.5 Å². The minimum atomic E-state index is -4.65. The Hall–Kier alpha value is -3.96. The Balaban J connectivity index is 1.91. The van der Waals surface area contributed by atoms with Crippen molar-refractivity contribution in [1.82, 2.24) is 15.1 Å². The monoisotopic (exact) mass is 497 g/mol. The molecule has 0 spiro atoms. The summed E-state index contributed by atoms with van der Waals surface area (Å²) in [5, 5.41) is 6.17. The van der Waals surface area contributed by atoms with Crippen LogP contribution in [0.25, 0.3) is 0 Å². The number of amides is 1. The standard InChI is InChI=1S/C23H20F5N3O4/c1-12(13-7-9-14(10-8-13)22(33)34-3)29-20(32)17-18(19(24)25)30-31(2)21(17)35-16-6-4-5-15(11-16)23(26,27)28/h4-12,19H,1-3H3,(H,29,32)/t12-/m0/s1. The number of methoxy groups -OCH3 is 1. The fourth-order valence-corrected chi connectivity index (χ4v) is 3.24. The van der Waals surface area contributed by atoms with Gasteiger partial charge in [-0.3, -0.25) is 4.79 Å². The molecule has 1 N–H and O–H groups in total. The molecule has 35 heavy (non-hydrogen) atoms. The van der Waals surface area contributed by atoms with E-state index < -0.39 is 53.2 Å². The summed E-state index contributed by atoms with van der Waals surface area (Å²) in [7, 11) is 2.45. The van der Waals surface area contributed by atoms with E-state index in [1.54, 1.807) is 19.1 Å². The number of hydrogen-bond donors (Lipinski definition) is 1. The lowest BCUT2D eigenvalue weighted by atomic mass is 10.1. The van der Waals surface area contributed by atoms with Crippen molar-refractivity contribution in [2.45, 2.75) is 25.6 Å². The van der Waals surface area contributed by atoms with E-state index in [1.807, 2.05) is 0 Å². The molecule has 1 aromatic heterocycles. The molecule has 0 fully saturated rings. The molecule has 1 atom stereocenters. The Kier molecular flexibility index (Phi) is 7.42. The molecule has 3 aromatic rings. The molecule has 3 rings (SSSR count). The molecule has 2 aromatic carbocycles. The maximum absolute atomic E-state index is 13.7. The number of carbonyl (C=O) groups is 2. The van der Waals surface area contributed by atoms with Gasteiger partial charge in [0.25, 0.3) is 12.3 Å². The molecule has 0 saturated heterocycles. The normalized spacial score (nSPS) is 12.4. The second-order valence-corrected chi connectivity index (χ2v) is 7.43. The van der Waals surface area contributed by atoms with Crippen molar-refractivity contribution in [3.63, 3.8) is 0 Å². The first-order chi connectivity index (χ1) is 16.4. The number of hydrogen-bond acceptors (Lipinski definition) is 5. The molecule has 0 aliphatic heterocycles. The minimum Gasteiger partial charge on any atom is -0.465 e. The smallest absolute Gasteiger partial charge is 0.416 e. The van der Waals surface area contributed by atoms with Gasteiger partial charge in [-0.1, -0.05) is 18.2 Å². The van der Waals surface area contributed by atoms with Gasteiger partial charge in [0.2, 0.25) is 5.88 Å². The first kappa shape index (κ1) is 25.7. The van der Waals surface area contributed by atoms with Gasteiger partial charge in [-0.25, -0.2) is 18.3 Å². The van der Waals surface area contributed by atoms with E-state index in [0.29, 0.717) is 11.6 Å². The number of aryl methyl sites for hydroxylation is 1. The van der Waals surface area contributed by atoms with Gasteiger partial charge in [-0.15, -0.1) is 0 Å². The number of aromatic nitrogens is 2. The third kappa shape index (κ3) is 5.76. The molecule has 0 aliphatic rings. The van der Waals surface area contributed by atoms with E-state index in [9.17, 15) is 31.5 Å². The molecule has 1 heterocycles. The van der Waals surface area contributed by atoms with Gasteiger partial charge in [-0.05, 0) is 42.8 Å². The number of benzene rings is 2. The van der Waals surface area contributed by atoms with E-state index in [0.717, 1.165) is 16.8 Å². The quantitative estimate of drug-likeness (QED) is 0.347. The summed E-state index contributed by atoms with van der Waals surface area (Å²) >= 11 is 0. The Morgan fingerprint density at radius 2 is 1.74 bits per heavy atom. The van der Waals surface area contributed by atoms with Crippen molar-refractivity contribution in [3.8, 4) is 11.6 Å². The third-order valence-corrected chi connectivity index (χ3v) is 5.01. The van der Waals surface area contributed by atoms with Crippen LogP contribution in [0.1, 0.15) is 56.9 Å². The summed E-state index contributed by atoms with van der Waals surface area (Å²) < 4.78 is 77.3. The van der Waals surface area contributed by atoms with Crippen LogP contribution in [0.4, 0.5) is 22.0 Å². The molecule has 186 valence electrons. The molecule has 7 nitrogen and oxygen atoms in total. The number of nitrogens with zero attached hydrogens (tertiary/aromatic N) is 2. The summed E-state index contributed by atoms with van der Waals surface area (Å²) in [4.78, 5) is 24.6. The highest BCUT2D eigenvalue weighted by atomic mass is 19.4. The highest BCUT2D eigenvalue weighted by Crippen LogP contribution is 2.36. The zero-order chi connectivity index (χ0) is 25.9. The van der Waals surface area contributed by atoms with Crippen molar-refractivity contribution < 1.29 is 41.0 Å². The Bertz CT molecular complexity index is 1220. The van der Waals surface area contributed by atoms with Crippen LogP contribution >= 0.6 is 0 Å². The number of carbonyl (C=O) groups excluding carboxylic acids is 2. The number of ether oxygens (including phenoxy) is 2. The number of halogens is 5. The van der Waals surface area contributed by atoms with E-state index in [2.05, 4.69) is 15.2 Å². The Morgan fingerprint density at radius 3 is 2.31 bits per heavy atom. The van der Waals surface area contributed by atoms with E-state index >= 15 is 0 Å². The Labute approximate surface area is 196 Å². The van der Waals surface area contributed by atoms with E-state index in [-0.39, 0.29) is 11.3 Å². The van der Waals surface area contributed by atoms with Gasteiger partial charge in [0.15, 0.2) is 0 Å². The summed E-state index contributed by atoms with van der Waals surface area (Å²) in [6, 6.07) is 9.13. The van der Waals surface area contributed by atoms with E-state index in [1.165, 1.54) is 32.4 Å². The van der Waals surface area contributed by atoms with Crippen LogP contribution < -0.4 is 10.1 Å². The summed E-state index contributed by atoms with van der Waals surface area (Å²) in [6.45, 7) is 1.58. The molecule has 0 radical (unpaired) electrons. The van der Waals surface area contributed by atoms with Crippen LogP contribution in [0.2, 0.25) is 0 Å². The topological polar surface area (TPSA) is 82.5 Å². The van der Waals surface area contributed by atoms with Crippen LogP contribution in [0.5, 0.6) is 11.6 Å². The van der Waals surface area contributed by atoms with Crippen molar-refractivity contribution >= 4 is 11.9 Å². The maximum Gasteiger partial charge on any atom is 0.416 e. The lowest BCUT2D eigenvalue weighted by Crippen LogP contribution is -2.27. The number of nitrogens with one attached hydrogen (secondary N) is 1. The highest BCUT2D eigenvalue weighted by molar-refractivity contribution is 5.98. The molecular formula is C23H20F5N3O4. The highest BCUT2D eigenvalue weighted by Gasteiger charge is 2.33. The van der Waals surface area contributed by atoms with Crippen LogP contribution in [0, 0.1) is 0 Å². The molecule has 0 aliphatic carbocycles. The second-order valence-electron chi connectivity index (χ2n) is 7.43. The fourth-order valence-electron chi connectivity index (χ4n) is 3.24. The first-order valence-corrected chi connectivity index (χ1v) is 10.1. The largest absolute Gasteiger partial charge is 0.465 e. The van der Waals surface area contributed by atoms with Crippen molar-refractivity contribution in [2.24, 2.45) is 7.05 Å². The van der Waals surface area contributed by atoms with Gasteiger partial charge >= 0.3 is 12.1 Å². The summed E-state index contributed by atoms with van der Waals surface area (Å²) in [5.74, 6) is -2.30. The molecule has 0 saturated carbocycles. The predicted molar refractivity (Wildman–Crippen MR) is 113 cm³/mol. The van der Waals surface area contributed by atoms with Crippen LogP contribution in [0.15, 0.2) is 48.5 Å². The molecule has 0 bridgehead atoms. The van der Waals surface area contributed by atoms with Gasteiger partial charge in [0.1, 0.15) is 17.0 Å². The van der Waals surface area contributed by atoms with Gasteiger partial charge in [0, 0.05) is 7.05 Å². The average Bonchev–Trinajstić information content (AvgIpc) is 3.14. The summed E-state index contributed by atoms with van der Waals surface area (Å²) in [6.07, 6.45) is -7.81. The number of rotatable bonds is 7. The number of alkyl halides is 5. The minimum absolute atomic E-state index is 0.277. The lowest BCUT2D eigenvalue weighted by Gasteiger charge is -2.16. The second kappa shape index (κ2) is 10.1. The number of esters is 1. The summed E-state index contributed by atoms with van der Waals surface area (Å²) in [5.41, 5.74) is -1.69. The zero-order valence-corrected chi connectivity index (χ0v) is 18.7. The zero-order valence-electron chi connectivity index (χ0n) is 18.7. The van der Waals surface area contributed by atoms with Gasteiger partial charge in [-0.2, -0.15) is 18.3 Å². The van der Waals surface area contributed by atoms with Crippen LogP contribution in [-0.4, -0.2) is 28.8 Å². The van der Waals surface area contributed by atoms with Gasteiger partial charge in [0.05, 0.1) is 24.3 Å². The van der Waals surface area contributed by atoms with Crippen molar-refractivity contribution in [2.75, 3.05) is 7.11 Å². The fraction of sp³-hybridized carbons (Fsp3) is 0.261. The molecule has 12 heteroatoms. The Morgan fingerprint density at radius 1 is 1.09 bits per heavy atom. The third-order valence-electron chi connectivity index (χ3n) is 5.01. The average molecular weight is 497 g/mol. The first-order valence-electron chi connectivity index (χ1n) is 10.1. The van der Waals surface area contributed by atoms with E-state index in [4.69, 9.17) is 4.74 Å². The lowest BCUT2D eigenvalue weighted by molar-refractivity contribution is -0.137.